The van der Waals surface area contributed by atoms with Gasteiger partial charge in [-0.1, -0.05) is 62.9 Å². The first-order chi connectivity index (χ1) is 11.1. The fourth-order valence-corrected chi connectivity index (χ4v) is 2.46. The Morgan fingerprint density at radius 2 is 1.88 bits per heavy atom. The molecule has 5 heteroatoms. The molecule has 0 fully saturated rings. The van der Waals surface area contributed by atoms with Gasteiger partial charge in [0.15, 0.2) is 8.32 Å². The summed E-state index contributed by atoms with van der Waals surface area (Å²) in [5, 5.41) is 9.91. The fourth-order valence-electron chi connectivity index (χ4n) is 1.60. The van der Waals surface area contributed by atoms with Crippen LogP contribution in [-0.2, 0) is 20.6 Å². The van der Waals surface area contributed by atoms with Gasteiger partial charge >= 0.3 is 5.97 Å². The summed E-state index contributed by atoms with van der Waals surface area (Å²) < 4.78 is 11.0. The van der Waals surface area contributed by atoms with Crippen LogP contribution >= 0.6 is 0 Å². The zero-order valence-electron chi connectivity index (χ0n) is 15.3. The van der Waals surface area contributed by atoms with E-state index in [1.165, 1.54) is 0 Å². The van der Waals surface area contributed by atoms with Crippen molar-refractivity contribution in [2.45, 2.75) is 58.0 Å². The predicted molar refractivity (Wildman–Crippen MR) is 97.8 cm³/mol. The molecule has 1 aromatic carbocycles. The van der Waals surface area contributed by atoms with Crippen molar-refractivity contribution in [3.63, 3.8) is 0 Å². The lowest BCUT2D eigenvalue weighted by Gasteiger charge is -2.35. The molecule has 1 rings (SSSR count). The van der Waals surface area contributed by atoms with E-state index in [1.54, 1.807) is 0 Å². The maximum atomic E-state index is 11.7. The van der Waals surface area contributed by atoms with Crippen molar-refractivity contribution in [1.82, 2.24) is 0 Å². The molecule has 0 aliphatic heterocycles. The van der Waals surface area contributed by atoms with Gasteiger partial charge in [0, 0.05) is 0 Å². The zero-order chi connectivity index (χ0) is 18.2. The van der Waals surface area contributed by atoms with E-state index < -0.39 is 20.4 Å². The summed E-state index contributed by atoms with van der Waals surface area (Å²) in [6, 6.07) is 9.41. The molecule has 0 spiro atoms. The van der Waals surface area contributed by atoms with Gasteiger partial charge in [0.2, 0.25) is 0 Å². The minimum absolute atomic E-state index is 0.120. The molecule has 1 N–H and O–H groups in total. The number of hydrogen-bond acceptors (Lipinski definition) is 4. The van der Waals surface area contributed by atoms with Crippen LogP contribution in [0.1, 0.15) is 32.8 Å². The summed E-state index contributed by atoms with van der Waals surface area (Å²) in [6.07, 6.45) is -1.17. The van der Waals surface area contributed by atoms with Gasteiger partial charge in [-0.15, -0.1) is 0 Å². The highest BCUT2D eigenvalue weighted by molar-refractivity contribution is 6.74. The van der Waals surface area contributed by atoms with Gasteiger partial charge in [-0.2, -0.15) is 0 Å². The quantitative estimate of drug-likeness (QED) is 0.486. The van der Waals surface area contributed by atoms with E-state index in [2.05, 4.69) is 45.7 Å². The lowest BCUT2D eigenvalue weighted by Crippen LogP contribution is -2.40. The summed E-state index contributed by atoms with van der Waals surface area (Å²) in [5.41, 5.74) is 0.911. The van der Waals surface area contributed by atoms with Gasteiger partial charge in [-0.05, 0) is 23.7 Å². The number of aliphatic hydroxyl groups is 1. The van der Waals surface area contributed by atoms with Gasteiger partial charge in [0.05, 0.1) is 13.0 Å². The van der Waals surface area contributed by atoms with E-state index >= 15 is 0 Å². The lowest BCUT2D eigenvalue weighted by atomic mass is 10.2. The molecular formula is C19H28O4Si. The third kappa shape index (κ3) is 7.31. The molecule has 0 amide bonds. The average molecular weight is 349 g/mol. The highest BCUT2D eigenvalue weighted by Crippen LogP contribution is 2.36. The fraction of sp³-hybridized carbons (Fsp3) is 0.526. The number of rotatable bonds is 6. The number of benzene rings is 1. The first-order valence-corrected chi connectivity index (χ1v) is 11.0. The first-order valence-electron chi connectivity index (χ1n) is 8.12. The van der Waals surface area contributed by atoms with Crippen molar-refractivity contribution in [2.75, 3.05) is 6.61 Å². The first kappa shape index (κ1) is 20.4. The molecule has 0 radical (unpaired) electrons. The zero-order valence-corrected chi connectivity index (χ0v) is 16.3. The molecule has 4 nitrogen and oxygen atoms in total. The minimum atomic E-state index is -1.83. The number of esters is 1. The summed E-state index contributed by atoms with van der Waals surface area (Å²) in [7, 11) is -1.83. The van der Waals surface area contributed by atoms with Crippen molar-refractivity contribution in [3.8, 4) is 11.8 Å². The monoisotopic (exact) mass is 348 g/mol. The van der Waals surface area contributed by atoms with Crippen molar-refractivity contribution < 1.29 is 19.1 Å². The number of hydrogen-bond donors (Lipinski definition) is 1. The molecular weight excluding hydrogens is 320 g/mol. The molecule has 0 aliphatic carbocycles. The van der Waals surface area contributed by atoms with Crippen LogP contribution in [0.4, 0.5) is 0 Å². The molecule has 0 unspecified atom stereocenters. The Morgan fingerprint density at radius 3 is 2.46 bits per heavy atom. The van der Waals surface area contributed by atoms with Crippen LogP contribution in [0.2, 0.25) is 18.1 Å². The van der Waals surface area contributed by atoms with Crippen LogP contribution in [0.15, 0.2) is 30.3 Å². The van der Waals surface area contributed by atoms with Crippen LogP contribution in [0.25, 0.3) is 0 Å². The third-order valence-electron chi connectivity index (χ3n) is 4.18. The molecule has 0 saturated heterocycles. The maximum Gasteiger partial charge on any atom is 0.309 e. The number of ether oxygens (including phenoxy) is 1. The Bertz CT molecular complexity index is 579. The topological polar surface area (TPSA) is 55.8 Å². The van der Waals surface area contributed by atoms with E-state index in [-0.39, 0.29) is 24.7 Å². The van der Waals surface area contributed by atoms with Gasteiger partial charge in [-0.3, -0.25) is 4.79 Å². The van der Waals surface area contributed by atoms with Crippen molar-refractivity contribution in [3.05, 3.63) is 35.9 Å². The second-order valence-electron chi connectivity index (χ2n) is 7.24. The SMILES string of the molecule is CC(C)(C)[Si](C)(C)OCC#C[C@H](O)CC(=O)OCc1ccccc1. The minimum Gasteiger partial charge on any atom is -0.461 e. The summed E-state index contributed by atoms with van der Waals surface area (Å²) in [6.45, 7) is 11.2. The Morgan fingerprint density at radius 1 is 1.25 bits per heavy atom. The number of aliphatic hydroxyl groups excluding tert-OH is 1. The van der Waals surface area contributed by atoms with E-state index in [1.807, 2.05) is 30.3 Å². The molecule has 1 atom stereocenters. The summed E-state index contributed by atoms with van der Waals surface area (Å²) in [5.74, 6) is 4.97. The summed E-state index contributed by atoms with van der Waals surface area (Å²) in [4.78, 5) is 11.7. The van der Waals surface area contributed by atoms with Crippen LogP contribution in [0.5, 0.6) is 0 Å². The van der Waals surface area contributed by atoms with E-state index in [4.69, 9.17) is 9.16 Å². The molecule has 132 valence electrons. The van der Waals surface area contributed by atoms with Crippen molar-refractivity contribution >= 4 is 14.3 Å². The van der Waals surface area contributed by atoms with Crippen LogP contribution < -0.4 is 0 Å². The van der Waals surface area contributed by atoms with Crippen LogP contribution in [-0.4, -0.2) is 32.1 Å². The third-order valence-corrected chi connectivity index (χ3v) is 8.66. The smallest absolute Gasteiger partial charge is 0.309 e. The highest BCUT2D eigenvalue weighted by atomic mass is 28.4. The van der Waals surface area contributed by atoms with Gasteiger partial charge in [0.25, 0.3) is 0 Å². The average Bonchev–Trinajstić information content (AvgIpc) is 2.49. The standard InChI is InChI=1S/C19H28O4Si/c1-19(2,3)24(4,5)23-13-9-12-17(20)14-18(21)22-15-16-10-7-6-8-11-16/h6-8,10-11,17,20H,13-15H2,1-5H3/t17-/m0/s1. The number of carbonyl (C=O) groups excluding carboxylic acids is 1. The second kappa shape index (κ2) is 9.02. The Labute approximate surface area is 146 Å². The molecule has 0 saturated carbocycles. The largest absolute Gasteiger partial charge is 0.461 e. The molecule has 0 bridgehead atoms. The highest BCUT2D eigenvalue weighted by Gasteiger charge is 2.36. The van der Waals surface area contributed by atoms with E-state index in [9.17, 15) is 9.90 Å². The Kier molecular flexibility index (Phi) is 7.68. The van der Waals surface area contributed by atoms with Gasteiger partial charge < -0.3 is 14.3 Å². The second-order valence-corrected chi connectivity index (χ2v) is 12.0. The van der Waals surface area contributed by atoms with E-state index in [0.29, 0.717) is 0 Å². The predicted octanol–water partition coefficient (Wildman–Crippen LogP) is 3.51. The molecule has 1 aromatic rings. The number of carbonyl (C=O) groups is 1. The van der Waals surface area contributed by atoms with Crippen LogP contribution in [0.3, 0.4) is 0 Å². The Hall–Kier alpha value is -1.61. The van der Waals surface area contributed by atoms with Gasteiger partial charge in [0.1, 0.15) is 12.7 Å². The van der Waals surface area contributed by atoms with Crippen molar-refractivity contribution in [1.29, 1.82) is 0 Å². The summed E-state index contributed by atoms with van der Waals surface area (Å²) >= 11 is 0. The molecule has 24 heavy (non-hydrogen) atoms. The lowest BCUT2D eigenvalue weighted by molar-refractivity contribution is -0.146. The molecule has 0 aromatic heterocycles. The van der Waals surface area contributed by atoms with Gasteiger partial charge in [-0.25, -0.2) is 0 Å². The van der Waals surface area contributed by atoms with Crippen LogP contribution in [0, 0.1) is 11.8 Å². The Balaban J connectivity index is 2.33. The van der Waals surface area contributed by atoms with E-state index in [0.717, 1.165) is 5.56 Å². The van der Waals surface area contributed by atoms with Crippen molar-refractivity contribution in [2.24, 2.45) is 0 Å². The normalized spacial score (nSPS) is 12.9. The molecule has 0 heterocycles. The molecule has 0 aliphatic rings. The maximum absolute atomic E-state index is 11.7.